The molecule has 0 atom stereocenters. The van der Waals surface area contributed by atoms with Gasteiger partial charge in [0, 0.05) is 49.9 Å². The van der Waals surface area contributed by atoms with Crippen molar-refractivity contribution in [3.63, 3.8) is 0 Å². The van der Waals surface area contributed by atoms with E-state index in [-0.39, 0.29) is 18.4 Å². The number of methoxy groups -OCH3 is 1. The molecular formula is C18H24N6O2. The Hall–Kier alpha value is -2.61. The number of likely N-dealkylation sites (tertiary alicyclic amines) is 1. The summed E-state index contributed by atoms with van der Waals surface area (Å²) in [7, 11) is 1.54. The minimum atomic E-state index is 0.0343. The summed E-state index contributed by atoms with van der Waals surface area (Å²) in [5.41, 5.74) is 2.69. The maximum atomic E-state index is 12.0. The Balaban J connectivity index is 1.73. The van der Waals surface area contributed by atoms with Crippen LogP contribution in [0.5, 0.6) is 0 Å². The molecule has 2 aromatic rings. The first kappa shape index (κ1) is 18.2. The highest BCUT2D eigenvalue weighted by atomic mass is 16.5. The molecule has 138 valence electrons. The standard InChI is InChI=1S/C18H24N6O2/c1-12-10-13(2)22-18(21-12)23-17-16(19-6-7-20-17)14-4-8-24(9-5-14)15(25)11-26-3/h6-7,10,14H,4-5,8-9,11H2,1-3H3,(H,20,21,22,23). The van der Waals surface area contributed by atoms with Crippen molar-refractivity contribution in [1.29, 1.82) is 0 Å². The highest BCUT2D eigenvalue weighted by Gasteiger charge is 2.26. The number of carbonyl (C=O) groups is 1. The number of ether oxygens (including phenoxy) is 1. The SMILES string of the molecule is COCC(=O)N1CCC(c2nccnc2Nc2nc(C)cc(C)n2)CC1. The normalized spacial score (nSPS) is 15.1. The maximum absolute atomic E-state index is 12.0. The van der Waals surface area contributed by atoms with E-state index in [1.165, 1.54) is 7.11 Å². The van der Waals surface area contributed by atoms with Crippen molar-refractivity contribution < 1.29 is 9.53 Å². The lowest BCUT2D eigenvalue weighted by molar-refractivity contribution is -0.136. The molecule has 0 aromatic carbocycles. The smallest absolute Gasteiger partial charge is 0.248 e. The largest absolute Gasteiger partial charge is 0.375 e. The van der Waals surface area contributed by atoms with E-state index in [9.17, 15) is 4.79 Å². The van der Waals surface area contributed by atoms with Gasteiger partial charge in [-0.3, -0.25) is 9.78 Å². The van der Waals surface area contributed by atoms with Crippen LogP contribution in [0.3, 0.4) is 0 Å². The Morgan fingerprint density at radius 2 is 1.85 bits per heavy atom. The van der Waals surface area contributed by atoms with Crippen molar-refractivity contribution >= 4 is 17.7 Å². The Kier molecular flexibility index (Phi) is 5.72. The number of hydrogen-bond acceptors (Lipinski definition) is 7. The maximum Gasteiger partial charge on any atom is 0.248 e. The summed E-state index contributed by atoms with van der Waals surface area (Å²) >= 11 is 0. The second-order valence-corrected chi connectivity index (χ2v) is 6.48. The minimum Gasteiger partial charge on any atom is -0.375 e. The lowest BCUT2D eigenvalue weighted by Gasteiger charge is -2.32. The molecule has 1 aliphatic heterocycles. The molecule has 1 N–H and O–H groups in total. The lowest BCUT2D eigenvalue weighted by atomic mass is 9.93. The molecule has 0 unspecified atom stereocenters. The number of carbonyl (C=O) groups excluding carboxylic acids is 1. The number of rotatable bonds is 5. The molecular weight excluding hydrogens is 332 g/mol. The van der Waals surface area contributed by atoms with E-state index in [1.807, 2.05) is 24.8 Å². The molecule has 1 fully saturated rings. The number of piperidine rings is 1. The summed E-state index contributed by atoms with van der Waals surface area (Å²) in [6.07, 6.45) is 5.05. The summed E-state index contributed by atoms with van der Waals surface area (Å²) < 4.78 is 4.94. The molecule has 0 radical (unpaired) electrons. The van der Waals surface area contributed by atoms with Gasteiger partial charge in [0.05, 0.1) is 5.69 Å². The molecule has 0 aliphatic carbocycles. The molecule has 2 aromatic heterocycles. The average Bonchev–Trinajstić information content (AvgIpc) is 2.62. The Morgan fingerprint density at radius 1 is 1.19 bits per heavy atom. The monoisotopic (exact) mass is 356 g/mol. The molecule has 1 saturated heterocycles. The van der Waals surface area contributed by atoms with Gasteiger partial charge in [-0.05, 0) is 32.8 Å². The van der Waals surface area contributed by atoms with Crippen LogP contribution < -0.4 is 5.32 Å². The van der Waals surface area contributed by atoms with Gasteiger partial charge in [0.25, 0.3) is 0 Å². The zero-order valence-corrected chi connectivity index (χ0v) is 15.4. The van der Waals surface area contributed by atoms with Crippen molar-refractivity contribution in [1.82, 2.24) is 24.8 Å². The van der Waals surface area contributed by atoms with E-state index in [0.29, 0.717) is 24.9 Å². The van der Waals surface area contributed by atoms with Gasteiger partial charge in [-0.25, -0.2) is 15.0 Å². The van der Waals surface area contributed by atoms with Crippen LogP contribution in [0.2, 0.25) is 0 Å². The van der Waals surface area contributed by atoms with Gasteiger partial charge in [0.1, 0.15) is 6.61 Å². The lowest BCUT2D eigenvalue weighted by Crippen LogP contribution is -2.40. The van der Waals surface area contributed by atoms with E-state index in [2.05, 4.69) is 25.3 Å². The molecule has 8 heteroatoms. The number of amides is 1. The van der Waals surface area contributed by atoms with Gasteiger partial charge in [-0.2, -0.15) is 0 Å². The fraction of sp³-hybridized carbons (Fsp3) is 0.500. The summed E-state index contributed by atoms with van der Waals surface area (Å²) in [5.74, 6) is 1.48. The van der Waals surface area contributed by atoms with Gasteiger partial charge in [0.15, 0.2) is 5.82 Å². The second kappa shape index (κ2) is 8.18. The predicted molar refractivity (Wildman–Crippen MR) is 97.3 cm³/mol. The van der Waals surface area contributed by atoms with E-state index < -0.39 is 0 Å². The molecule has 0 spiro atoms. The fourth-order valence-corrected chi connectivity index (χ4v) is 3.25. The van der Waals surface area contributed by atoms with Crippen LogP contribution in [-0.2, 0) is 9.53 Å². The van der Waals surface area contributed by atoms with E-state index >= 15 is 0 Å². The Bertz CT molecular complexity index is 754. The zero-order chi connectivity index (χ0) is 18.5. The zero-order valence-electron chi connectivity index (χ0n) is 15.4. The number of anilines is 2. The topological polar surface area (TPSA) is 93.1 Å². The molecule has 1 aliphatic rings. The molecule has 3 heterocycles. The summed E-state index contributed by atoms with van der Waals surface area (Å²) in [5, 5.41) is 3.21. The van der Waals surface area contributed by atoms with Crippen LogP contribution in [0.15, 0.2) is 18.5 Å². The molecule has 8 nitrogen and oxygen atoms in total. The molecule has 0 bridgehead atoms. The molecule has 3 rings (SSSR count). The fourth-order valence-electron chi connectivity index (χ4n) is 3.25. The van der Waals surface area contributed by atoms with Crippen molar-refractivity contribution in [2.45, 2.75) is 32.6 Å². The van der Waals surface area contributed by atoms with Gasteiger partial charge in [-0.1, -0.05) is 0 Å². The third-order valence-corrected chi connectivity index (χ3v) is 4.44. The number of aromatic nitrogens is 4. The van der Waals surface area contributed by atoms with Crippen LogP contribution >= 0.6 is 0 Å². The number of nitrogens with one attached hydrogen (secondary N) is 1. The van der Waals surface area contributed by atoms with Crippen molar-refractivity contribution in [3.05, 3.63) is 35.5 Å². The van der Waals surface area contributed by atoms with E-state index in [4.69, 9.17) is 4.74 Å². The number of nitrogens with zero attached hydrogens (tertiary/aromatic N) is 5. The first-order valence-electron chi connectivity index (χ1n) is 8.73. The van der Waals surface area contributed by atoms with Crippen LogP contribution in [0.25, 0.3) is 0 Å². The summed E-state index contributed by atoms with van der Waals surface area (Å²) in [6.45, 7) is 5.40. The van der Waals surface area contributed by atoms with Crippen LogP contribution in [-0.4, -0.2) is 57.5 Å². The van der Waals surface area contributed by atoms with Crippen LogP contribution in [0, 0.1) is 13.8 Å². The predicted octanol–water partition coefficient (Wildman–Crippen LogP) is 1.98. The number of hydrogen-bond donors (Lipinski definition) is 1. The highest BCUT2D eigenvalue weighted by Crippen LogP contribution is 2.31. The van der Waals surface area contributed by atoms with Gasteiger partial charge >= 0.3 is 0 Å². The summed E-state index contributed by atoms with van der Waals surface area (Å²) in [4.78, 5) is 31.6. The molecule has 26 heavy (non-hydrogen) atoms. The van der Waals surface area contributed by atoms with Gasteiger partial charge in [0.2, 0.25) is 11.9 Å². The first-order chi connectivity index (χ1) is 12.6. The van der Waals surface area contributed by atoms with Crippen molar-refractivity contribution in [2.24, 2.45) is 0 Å². The Labute approximate surface area is 153 Å². The molecule has 0 saturated carbocycles. The van der Waals surface area contributed by atoms with Gasteiger partial charge in [-0.15, -0.1) is 0 Å². The van der Waals surface area contributed by atoms with E-state index in [0.717, 1.165) is 29.9 Å². The Morgan fingerprint density at radius 3 is 2.50 bits per heavy atom. The molecule has 1 amide bonds. The van der Waals surface area contributed by atoms with Crippen molar-refractivity contribution in [3.8, 4) is 0 Å². The third-order valence-electron chi connectivity index (χ3n) is 4.44. The van der Waals surface area contributed by atoms with Crippen molar-refractivity contribution in [2.75, 3.05) is 32.1 Å². The first-order valence-corrected chi connectivity index (χ1v) is 8.73. The van der Waals surface area contributed by atoms with Gasteiger partial charge < -0.3 is 15.0 Å². The number of aryl methyl sites for hydroxylation is 2. The third kappa shape index (κ3) is 4.32. The summed E-state index contributed by atoms with van der Waals surface area (Å²) in [6, 6.07) is 1.93. The van der Waals surface area contributed by atoms with E-state index in [1.54, 1.807) is 12.4 Å². The minimum absolute atomic E-state index is 0.0343. The quantitative estimate of drug-likeness (QED) is 0.875. The van der Waals surface area contributed by atoms with Crippen LogP contribution in [0.4, 0.5) is 11.8 Å². The average molecular weight is 356 g/mol. The van der Waals surface area contributed by atoms with Crippen LogP contribution in [0.1, 0.15) is 35.8 Å². The second-order valence-electron chi connectivity index (χ2n) is 6.48. The highest BCUT2D eigenvalue weighted by molar-refractivity contribution is 5.77.